The summed E-state index contributed by atoms with van der Waals surface area (Å²) in [6, 6.07) is 34.3. The van der Waals surface area contributed by atoms with Gasteiger partial charge in [0.1, 0.15) is 17.2 Å². The Labute approximate surface area is 301 Å². The lowest BCUT2D eigenvalue weighted by molar-refractivity contribution is 0.101. The molecule has 0 spiro atoms. The van der Waals surface area contributed by atoms with Gasteiger partial charge in [0.05, 0.1) is 6.61 Å². The van der Waals surface area contributed by atoms with E-state index in [2.05, 4.69) is 114 Å². The van der Waals surface area contributed by atoms with Crippen LogP contribution in [0, 0.1) is 5.41 Å². The van der Waals surface area contributed by atoms with Crippen LogP contribution in [0.15, 0.2) is 103 Å². The van der Waals surface area contributed by atoms with Crippen molar-refractivity contribution in [2.75, 3.05) is 6.61 Å². The van der Waals surface area contributed by atoms with Crippen molar-refractivity contribution >= 4 is 5.78 Å². The smallest absolute Gasteiger partial charge is 0.159 e. The number of ether oxygens (including phenoxy) is 2. The van der Waals surface area contributed by atoms with Crippen LogP contribution in [0.4, 0.5) is 0 Å². The first-order valence-electron chi connectivity index (χ1n) is 17.2. The van der Waals surface area contributed by atoms with Crippen molar-refractivity contribution < 1.29 is 14.3 Å². The minimum absolute atomic E-state index is 0. The molecule has 0 aliphatic carbocycles. The van der Waals surface area contributed by atoms with Gasteiger partial charge in [-0.05, 0) is 88.6 Å². The van der Waals surface area contributed by atoms with Gasteiger partial charge in [0.15, 0.2) is 5.78 Å². The molecule has 270 valence electrons. The van der Waals surface area contributed by atoms with Gasteiger partial charge in [-0.15, -0.1) is 0 Å². The van der Waals surface area contributed by atoms with E-state index in [0.717, 1.165) is 29.4 Å². The van der Waals surface area contributed by atoms with E-state index in [4.69, 9.17) is 9.47 Å². The number of hydrogen-bond acceptors (Lipinski definition) is 3. The molecule has 4 rings (SSSR count). The fourth-order valence-corrected chi connectivity index (χ4v) is 4.07. The van der Waals surface area contributed by atoms with E-state index in [1.807, 2.05) is 85.8 Å². The number of rotatable bonds is 5. The second kappa shape index (κ2) is 20.0. The van der Waals surface area contributed by atoms with Gasteiger partial charge in [0, 0.05) is 5.56 Å². The maximum absolute atomic E-state index is 11.0. The first-order valence-corrected chi connectivity index (χ1v) is 17.2. The van der Waals surface area contributed by atoms with Gasteiger partial charge in [-0.1, -0.05) is 164 Å². The number of carbonyl (C=O) groups excluding carboxylic acids is 1. The summed E-state index contributed by atoms with van der Waals surface area (Å²) in [5, 5.41) is 0. The van der Waals surface area contributed by atoms with Crippen LogP contribution in [0.25, 0.3) is 0 Å². The van der Waals surface area contributed by atoms with E-state index in [-0.39, 0.29) is 29.5 Å². The molecule has 4 aromatic rings. The van der Waals surface area contributed by atoms with Crippen LogP contribution >= 0.6 is 0 Å². The molecule has 0 saturated carbocycles. The summed E-state index contributed by atoms with van der Waals surface area (Å²) in [5.74, 6) is 2.83. The molecule has 0 aliphatic rings. The van der Waals surface area contributed by atoms with Crippen LogP contribution in [0.3, 0.4) is 0 Å². The first-order chi connectivity index (χ1) is 22.0. The van der Waals surface area contributed by atoms with Gasteiger partial charge in [0.25, 0.3) is 0 Å². The van der Waals surface area contributed by atoms with Gasteiger partial charge >= 0.3 is 0 Å². The van der Waals surface area contributed by atoms with Crippen molar-refractivity contribution in [1.82, 2.24) is 0 Å². The normalized spacial score (nSPS) is 11.2. The first kappa shape index (κ1) is 45.2. The van der Waals surface area contributed by atoms with E-state index >= 15 is 0 Å². The molecule has 0 heterocycles. The fourth-order valence-electron chi connectivity index (χ4n) is 4.07. The van der Waals surface area contributed by atoms with Gasteiger partial charge in [0.2, 0.25) is 0 Å². The zero-order valence-corrected chi connectivity index (χ0v) is 32.7. The zero-order valence-electron chi connectivity index (χ0n) is 32.7. The second-order valence-corrected chi connectivity index (χ2v) is 16.8. The Balaban J connectivity index is 0.000000660. The lowest BCUT2D eigenvalue weighted by Gasteiger charge is -2.19. The molecule has 0 amide bonds. The maximum atomic E-state index is 11.0. The molecule has 3 heteroatoms. The summed E-state index contributed by atoms with van der Waals surface area (Å²) in [5.41, 5.74) is 5.78. The van der Waals surface area contributed by atoms with Crippen molar-refractivity contribution in [2.24, 2.45) is 5.41 Å². The van der Waals surface area contributed by atoms with Crippen LogP contribution in [-0.4, -0.2) is 12.4 Å². The van der Waals surface area contributed by atoms with E-state index < -0.39 is 0 Å². The third kappa shape index (κ3) is 19.7. The van der Waals surface area contributed by atoms with Gasteiger partial charge < -0.3 is 9.47 Å². The monoisotopic (exact) mass is 669 g/mol. The van der Waals surface area contributed by atoms with Gasteiger partial charge in [-0.25, -0.2) is 0 Å². The van der Waals surface area contributed by atoms with Crippen molar-refractivity contribution in [2.45, 2.75) is 128 Å². The predicted molar refractivity (Wildman–Crippen MR) is 215 cm³/mol. The summed E-state index contributed by atoms with van der Waals surface area (Å²) in [6.07, 6.45) is 0. The molecule has 0 fully saturated rings. The summed E-state index contributed by atoms with van der Waals surface area (Å²) < 4.78 is 11.1. The molecule has 49 heavy (non-hydrogen) atoms. The highest BCUT2D eigenvalue weighted by atomic mass is 16.5. The van der Waals surface area contributed by atoms with Crippen LogP contribution < -0.4 is 9.47 Å². The number of ketones is 1. The van der Waals surface area contributed by atoms with Crippen molar-refractivity contribution in [3.8, 4) is 17.2 Å². The molecular weight excluding hydrogens is 601 g/mol. The van der Waals surface area contributed by atoms with Crippen molar-refractivity contribution in [3.05, 3.63) is 125 Å². The molecule has 0 atom stereocenters. The van der Waals surface area contributed by atoms with Crippen LogP contribution in [0.5, 0.6) is 17.2 Å². The lowest BCUT2D eigenvalue weighted by atomic mass is 9.86. The molecule has 0 bridgehead atoms. The SMILES string of the molecule is C.CC(=O)c1ccc(C(C)(C)C)cc1.CC(C)(C)C.CC(C)(C)c1ccc(Oc2ccccc2)cc1.CCOc1ccc(C(C)(C)C)cc1. The summed E-state index contributed by atoms with van der Waals surface area (Å²) in [7, 11) is 0. The Hall–Kier alpha value is -3.85. The molecule has 0 aliphatic heterocycles. The Kier molecular flexibility index (Phi) is 18.4. The number of hydrogen-bond donors (Lipinski definition) is 0. The third-order valence-electron chi connectivity index (χ3n) is 6.89. The van der Waals surface area contributed by atoms with Crippen LogP contribution in [0.2, 0.25) is 0 Å². The summed E-state index contributed by atoms with van der Waals surface area (Å²) in [6.45, 7) is 32.8. The molecule has 0 N–H and O–H groups in total. The van der Waals surface area contributed by atoms with E-state index in [9.17, 15) is 4.79 Å². The lowest BCUT2D eigenvalue weighted by Crippen LogP contribution is -2.10. The average molecular weight is 669 g/mol. The summed E-state index contributed by atoms with van der Waals surface area (Å²) in [4.78, 5) is 11.0. The summed E-state index contributed by atoms with van der Waals surface area (Å²) >= 11 is 0. The number of para-hydroxylation sites is 1. The highest BCUT2D eigenvalue weighted by molar-refractivity contribution is 5.94. The van der Waals surface area contributed by atoms with Gasteiger partial charge in [-0.2, -0.15) is 0 Å². The van der Waals surface area contributed by atoms with Gasteiger partial charge in [-0.3, -0.25) is 4.79 Å². The molecule has 0 unspecified atom stereocenters. The Morgan fingerprint density at radius 3 is 1.10 bits per heavy atom. The second-order valence-electron chi connectivity index (χ2n) is 16.8. The van der Waals surface area contributed by atoms with Crippen LogP contribution in [0.1, 0.15) is 138 Å². The molecule has 0 radical (unpaired) electrons. The van der Waals surface area contributed by atoms with Crippen LogP contribution in [-0.2, 0) is 16.2 Å². The minimum Gasteiger partial charge on any atom is -0.494 e. The Morgan fingerprint density at radius 2 is 0.796 bits per heavy atom. The standard InChI is InChI=1S/C16H18O.C12H16O.C12H18O.C5H12.CH4/c1-16(2,3)13-9-11-15(12-10-13)17-14-7-5-4-6-8-14;1-9(13)10-5-7-11(8-6-10)12(2,3)4;1-5-13-11-8-6-10(7-9-11)12(2,3)4;1-5(2,3)4;/h4-12H,1-3H3;5-8H,1-4H3;6-9H,5H2,1-4H3;1-4H3;1H4. The molecule has 4 aromatic carbocycles. The van der Waals surface area contributed by atoms with E-state index in [0.29, 0.717) is 5.41 Å². The molecule has 0 aromatic heterocycles. The quantitative estimate of drug-likeness (QED) is 0.199. The largest absolute Gasteiger partial charge is 0.494 e. The van der Waals surface area contributed by atoms with Crippen molar-refractivity contribution in [3.63, 3.8) is 0 Å². The zero-order chi connectivity index (χ0) is 36.8. The number of benzene rings is 4. The number of Topliss-reactive ketones (excluding diaryl/α,β-unsaturated/α-hetero) is 1. The Morgan fingerprint density at radius 1 is 0.490 bits per heavy atom. The van der Waals surface area contributed by atoms with E-state index in [1.165, 1.54) is 16.7 Å². The fraction of sp³-hybridized carbons (Fsp3) is 0.457. The number of carbonyl (C=O) groups is 1. The topological polar surface area (TPSA) is 35.5 Å². The maximum Gasteiger partial charge on any atom is 0.159 e. The minimum atomic E-state index is 0. The van der Waals surface area contributed by atoms with Crippen molar-refractivity contribution in [1.29, 1.82) is 0 Å². The highest BCUT2D eigenvalue weighted by Gasteiger charge is 2.14. The molecule has 3 nitrogen and oxygen atoms in total. The molecule has 0 saturated heterocycles. The Bertz CT molecular complexity index is 1450. The predicted octanol–water partition coefficient (Wildman–Crippen LogP) is 14.0. The average Bonchev–Trinajstić information content (AvgIpc) is 2.97. The third-order valence-corrected chi connectivity index (χ3v) is 6.89. The molecular formula is C46H68O3. The van der Waals surface area contributed by atoms with E-state index in [1.54, 1.807) is 6.92 Å². The highest BCUT2D eigenvalue weighted by Crippen LogP contribution is 2.27.